The van der Waals surface area contributed by atoms with E-state index in [1.165, 1.54) is 6.92 Å². The Morgan fingerprint density at radius 3 is 1.42 bits per heavy atom. The predicted octanol–water partition coefficient (Wildman–Crippen LogP) is 2.97. The first-order chi connectivity index (χ1) is 4.33. The summed E-state index contributed by atoms with van der Waals surface area (Å²) < 4.78 is 4.54. The van der Waals surface area contributed by atoms with E-state index in [0.717, 1.165) is 12.9 Å². The van der Waals surface area contributed by atoms with Crippen LogP contribution in [0.1, 0.15) is 35.1 Å². The van der Waals surface area contributed by atoms with Crippen molar-refractivity contribution >= 4 is 6.29 Å². The third-order valence-electron chi connectivity index (χ3n) is 0.289. The summed E-state index contributed by atoms with van der Waals surface area (Å²) in [5.74, 6) is 0. The molecule has 0 aromatic carbocycles. The maximum atomic E-state index is 8.81. The number of rotatable bonds is 1. The maximum absolute atomic E-state index is 8.81. The van der Waals surface area contributed by atoms with E-state index in [2.05, 4.69) is 4.74 Å². The molecule has 2 nitrogen and oxygen atoms in total. The Morgan fingerprint density at radius 1 is 1.33 bits per heavy atom. The fraction of sp³-hybridized carbons (Fsp3) is 0.778. The zero-order valence-corrected chi connectivity index (χ0v) is 11.4. The van der Waals surface area contributed by atoms with Crippen molar-refractivity contribution in [3.05, 3.63) is 7.43 Å². The van der Waals surface area contributed by atoms with Crippen molar-refractivity contribution in [3.63, 3.8) is 0 Å². The number of ether oxygens (including phenoxy) is 1. The molecule has 0 fully saturated rings. The molecule has 80 valence electrons. The van der Waals surface area contributed by atoms with E-state index >= 15 is 0 Å². The molecule has 0 N–H and O–H groups in total. The minimum absolute atomic E-state index is 0. The van der Waals surface area contributed by atoms with Crippen LogP contribution in [-0.4, -0.2) is 20.0 Å². The molecule has 0 aliphatic heterocycles. The van der Waals surface area contributed by atoms with Crippen molar-refractivity contribution < 1.29 is 30.6 Å². The Labute approximate surface area is 93.3 Å². The van der Waals surface area contributed by atoms with Crippen LogP contribution in [0.2, 0.25) is 0 Å². The van der Waals surface area contributed by atoms with Crippen molar-refractivity contribution in [2.45, 2.75) is 35.1 Å². The summed E-state index contributed by atoms with van der Waals surface area (Å²) in [6.45, 7) is 8.22. The number of hydrogen-bond acceptors (Lipinski definition) is 2. The van der Waals surface area contributed by atoms with Crippen molar-refractivity contribution in [1.82, 2.24) is 0 Å². The third kappa shape index (κ3) is 516. The van der Waals surface area contributed by atoms with Crippen LogP contribution in [0.4, 0.5) is 0 Å². The molecular formula is C9H25O2W-. The Morgan fingerprint density at radius 2 is 1.42 bits per heavy atom. The van der Waals surface area contributed by atoms with Crippen LogP contribution >= 0.6 is 0 Å². The van der Waals surface area contributed by atoms with Crippen LogP contribution < -0.4 is 0 Å². The zero-order chi connectivity index (χ0) is 8.12. The predicted molar refractivity (Wildman–Crippen MR) is 53.8 cm³/mol. The van der Waals surface area contributed by atoms with Crippen molar-refractivity contribution in [1.29, 1.82) is 0 Å². The first-order valence-corrected chi connectivity index (χ1v) is 3.22. The van der Waals surface area contributed by atoms with Gasteiger partial charge in [0.15, 0.2) is 0 Å². The van der Waals surface area contributed by atoms with Gasteiger partial charge in [0.05, 0.1) is 0 Å². The first-order valence-electron chi connectivity index (χ1n) is 3.22. The van der Waals surface area contributed by atoms with Gasteiger partial charge in [-0.05, 0) is 13.8 Å². The molecule has 0 aromatic rings. The van der Waals surface area contributed by atoms with Gasteiger partial charge in [0.25, 0.3) is 0 Å². The van der Waals surface area contributed by atoms with Crippen LogP contribution in [0.3, 0.4) is 0 Å². The Kier molecular flexibility index (Phi) is 360. The van der Waals surface area contributed by atoms with Gasteiger partial charge in [0.2, 0.25) is 0 Å². The van der Waals surface area contributed by atoms with Crippen LogP contribution in [-0.2, 0) is 30.6 Å². The molecule has 3 heteroatoms. The van der Waals surface area contributed by atoms with Crippen LogP contribution in [0.25, 0.3) is 0 Å². The van der Waals surface area contributed by atoms with Gasteiger partial charge >= 0.3 is 0 Å². The standard InChI is InChI=1S/C3H8O.C2H4O.C2H6.CH4.CH3.W/c1-3-4-2;1-2-3;1-2;;;/h3H2,1-2H3;2H,1H3;1-2H3;1H4;1H3;/q;;;;-1;. The maximum Gasteiger partial charge on any atom is 0.116 e. The Balaban J connectivity index is -0.0000000105. The second-order valence-electron chi connectivity index (χ2n) is 0.813. The number of carbonyl (C=O) groups is 1. The summed E-state index contributed by atoms with van der Waals surface area (Å²) in [5.41, 5.74) is 0. The fourth-order valence-electron chi connectivity index (χ4n) is 0. The molecule has 0 aliphatic rings. The molecule has 0 saturated heterocycles. The van der Waals surface area contributed by atoms with Crippen molar-refractivity contribution in [2.75, 3.05) is 13.7 Å². The fourth-order valence-corrected chi connectivity index (χ4v) is 0. The van der Waals surface area contributed by atoms with Crippen molar-refractivity contribution in [3.8, 4) is 0 Å². The molecule has 12 heavy (non-hydrogen) atoms. The van der Waals surface area contributed by atoms with E-state index in [1.54, 1.807) is 7.11 Å². The monoisotopic (exact) mass is 349 g/mol. The number of carbonyl (C=O) groups excluding carboxylic acids is 1. The molecule has 0 rings (SSSR count). The van der Waals surface area contributed by atoms with Gasteiger partial charge in [0.1, 0.15) is 6.29 Å². The SMILES string of the molecule is C.CC.CC=O.CCOC.[CH3-].[W]. The van der Waals surface area contributed by atoms with Gasteiger partial charge in [-0.3, -0.25) is 0 Å². The molecular weight excluding hydrogens is 324 g/mol. The Hall–Kier alpha value is 0.318. The molecule has 0 aromatic heterocycles. The molecule has 0 amide bonds. The summed E-state index contributed by atoms with van der Waals surface area (Å²) in [7, 11) is 1.68. The summed E-state index contributed by atoms with van der Waals surface area (Å²) >= 11 is 0. The molecule has 0 bridgehead atoms. The number of hydrogen-bond donors (Lipinski definition) is 0. The van der Waals surface area contributed by atoms with E-state index < -0.39 is 0 Å². The number of aldehydes is 1. The van der Waals surface area contributed by atoms with Gasteiger partial charge in [-0.15, -0.1) is 0 Å². The van der Waals surface area contributed by atoms with E-state index in [4.69, 9.17) is 4.79 Å². The van der Waals surface area contributed by atoms with Gasteiger partial charge in [-0.1, -0.05) is 21.3 Å². The minimum Gasteiger partial charge on any atom is -0.385 e. The molecule has 0 atom stereocenters. The molecule has 0 saturated carbocycles. The molecule has 0 radical (unpaired) electrons. The Bertz CT molecular complexity index is 31.7. The average Bonchev–Trinajstić information content (AvgIpc) is 1.94. The van der Waals surface area contributed by atoms with E-state index in [0.29, 0.717) is 0 Å². The molecule has 0 heterocycles. The van der Waals surface area contributed by atoms with Gasteiger partial charge in [-0.2, -0.15) is 0 Å². The average molecular weight is 349 g/mol. The van der Waals surface area contributed by atoms with Crippen LogP contribution in [0.15, 0.2) is 0 Å². The molecule has 0 spiro atoms. The van der Waals surface area contributed by atoms with Gasteiger partial charge in [-0.25, -0.2) is 0 Å². The van der Waals surface area contributed by atoms with Gasteiger partial charge < -0.3 is 17.0 Å². The van der Waals surface area contributed by atoms with Gasteiger partial charge in [0, 0.05) is 34.8 Å². The first kappa shape index (κ1) is 39.5. The van der Waals surface area contributed by atoms with E-state index in [9.17, 15) is 0 Å². The topological polar surface area (TPSA) is 26.3 Å². The molecule has 0 aliphatic carbocycles. The molecule has 0 unspecified atom stereocenters. The quantitative estimate of drug-likeness (QED) is 0.538. The number of methoxy groups -OCH3 is 1. The summed E-state index contributed by atoms with van der Waals surface area (Å²) in [5, 5.41) is 0. The normalized spacial score (nSPS) is 4.08. The van der Waals surface area contributed by atoms with E-state index in [-0.39, 0.29) is 35.9 Å². The van der Waals surface area contributed by atoms with Crippen molar-refractivity contribution in [2.24, 2.45) is 0 Å². The van der Waals surface area contributed by atoms with E-state index in [1.807, 2.05) is 20.8 Å². The summed E-state index contributed by atoms with van der Waals surface area (Å²) in [6, 6.07) is 0. The van der Waals surface area contributed by atoms with Crippen LogP contribution in [0.5, 0.6) is 0 Å². The van der Waals surface area contributed by atoms with Crippen LogP contribution in [0, 0.1) is 7.43 Å². The second-order valence-corrected chi connectivity index (χ2v) is 0.813. The zero-order valence-electron chi connectivity index (χ0n) is 8.51. The third-order valence-corrected chi connectivity index (χ3v) is 0.289. The largest absolute Gasteiger partial charge is 0.385 e. The minimum atomic E-state index is 0. The second kappa shape index (κ2) is 109. The smallest absolute Gasteiger partial charge is 0.116 e. The summed E-state index contributed by atoms with van der Waals surface area (Å²) in [4.78, 5) is 8.81. The summed E-state index contributed by atoms with van der Waals surface area (Å²) in [6.07, 6.45) is 0.750.